The summed E-state index contributed by atoms with van der Waals surface area (Å²) < 4.78 is 5.14. The number of esters is 1. The van der Waals surface area contributed by atoms with Crippen LogP contribution >= 0.6 is 11.6 Å². The Labute approximate surface area is 142 Å². The van der Waals surface area contributed by atoms with Crippen molar-refractivity contribution in [3.05, 3.63) is 0 Å². The number of hydrogen-bond acceptors (Lipinski definition) is 3. The van der Waals surface area contributed by atoms with Crippen molar-refractivity contribution in [1.82, 2.24) is 5.32 Å². The first-order valence-electron chi connectivity index (χ1n) is 9.23. The molecular formula is C18H36ClNO2. The summed E-state index contributed by atoms with van der Waals surface area (Å²) in [5.41, 5.74) is 0. The Morgan fingerprint density at radius 1 is 0.864 bits per heavy atom. The van der Waals surface area contributed by atoms with Crippen LogP contribution in [0.2, 0.25) is 0 Å². The van der Waals surface area contributed by atoms with Crippen molar-refractivity contribution in [2.24, 2.45) is 0 Å². The van der Waals surface area contributed by atoms with Crippen molar-refractivity contribution in [1.29, 1.82) is 0 Å². The molecule has 0 rings (SSSR count). The van der Waals surface area contributed by atoms with Gasteiger partial charge in [-0.1, -0.05) is 71.1 Å². The lowest BCUT2D eigenvalue weighted by Gasteiger charge is -2.05. The Bertz CT molecular complexity index is 237. The zero-order chi connectivity index (χ0) is 16.3. The Morgan fingerprint density at radius 3 is 1.95 bits per heavy atom. The lowest BCUT2D eigenvalue weighted by atomic mass is 10.1. The van der Waals surface area contributed by atoms with E-state index in [1.54, 1.807) is 0 Å². The fourth-order valence-electron chi connectivity index (χ4n) is 2.43. The fraction of sp³-hybridized carbons (Fsp3) is 0.944. The SMILES string of the molecule is CCCCCCCCCCCCCC(=O)OCCNCCCl. The van der Waals surface area contributed by atoms with Crippen LogP contribution < -0.4 is 5.32 Å². The normalized spacial score (nSPS) is 10.8. The number of carbonyl (C=O) groups excluding carboxylic acids is 1. The number of nitrogens with one attached hydrogen (secondary N) is 1. The summed E-state index contributed by atoms with van der Waals surface area (Å²) in [5, 5.41) is 3.09. The molecule has 0 saturated carbocycles. The largest absolute Gasteiger partial charge is 0.464 e. The average molecular weight is 334 g/mol. The Balaban J connectivity index is 3.10. The monoisotopic (exact) mass is 333 g/mol. The van der Waals surface area contributed by atoms with E-state index in [9.17, 15) is 4.79 Å². The minimum absolute atomic E-state index is 0.0661. The molecule has 0 fully saturated rings. The zero-order valence-electron chi connectivity index (χ0n) is 14.5. The molecule has 0 aromatic rings. The minimum atomic E-state index is -0.0661. The summed E-state index contributed by atoms with van der Waals surface area (Å²) in [5.74, 6) is 0.524. The zero-order valence-corrected chi connectivity index (χ0v) is 15.3. The minimum Gasteiger partial charge on any atom is -0.464 e. The highest BCUT2D eigenvalue weighted by Crippen LogP contribution is 2.12. The molecule has 0 aliphatic rings. The molecule has 0 amide bonds. The van der Waals surface area contributed by atoms with E-state index in [1.807, 2.05) is 0 Å². The van der Waals surface area contributed by atoms with Gasteiger partial charge in [0, 0.05) is 25.4 Å². The van der Waals surface area contributed by atoms with Crippen LogP contribution in [0.15, 0.2) is 0 Å². The van der Waals surface area contributed by atoms with E-state index in [4.69, 9.17) is 16.3 Å². The molecule has 1 N–H and O–H groups in total. The number of alkyl halides is 1. The highest BCUT2D eigenvalue weighted by atomic mass is 35.5. The van der Waals surface area contributed by atoms with Crippen LogP contribution in [0.3, 0.4) is 0 Å². The van der Waals surface area contributed by atoms with Gasteiger partial charge in [0.05, 0.1) is 0 Å². The quantitative estimate of drug-likeness (QED) is 0.230. The Morgan fingerprint density at radius 2 is 1.41 bits per heavy atom. The number of ether oxygens (including phenoxy) is 1. The second-order valence-corrected chi connectivity index (χ2v) is 6.32. The molecule has 0 radical (unpaired) electrons. The van der Waals surface area contributed by atoms with Gasteiger partial charge >= 0.3 is 5.97 Å². The average Bonchev–Trinajstić information content (AvgIpc) is 2.52. The maximum Gasteiger partial charge on any atom is 0.305 e. The second-order valence-electron chi connectivity index (χ2n) is 5.94. The first-order valence-corrected chi connectivity index (χ1v) is 9.77. The van der Waals surface area contributed by atoms with E-state index < -0.39 is 0 Å². The van der Waals surface area contributed by atoms with Crippen molar-refractivity contribution >= 4 is 17.6 Å². The van der Waals surface area contributed by atoms with Gasteiger partial charge in [-0.2, -0.15) is 0 Å². The van der Waals surface area contributed by atoms with Gasteiger partial charge in [0.1, 0.15) is 6.61 Å². The van der Waals surface area contributed by atoms with Crippen molar-refractivity contribution in [2.45, 2.75) is 84.0 Å². The maximum absolute atomic E-state index is 11.5. The lowest BCUT2D eigenvalue weighted by Crippen LogP contribution is -2.23. The lowest BCUT2D eigenvalue weighted by molar-refractivity contribution is -0.143. The Kier molecular flexibility index (Phi) is 18.5. The smallest absolute Gasteiger partial charge is 0.305 e. The molecule has 0 aromatic heterocycles. The first kappa shape index (κ1) is 21.7. The number of rotatable bonds is 17. The van der Waals surface area contributed by atoms with Gasteiger partial charge in [-0.3, -0.25) is 4.79 Å². The molecule has 0 spiro atoms. The van der Waals surface area contributed by atoms with E-state index in [1.165, 1.54) is 57.8 Å². The summed E-state index contributed by atoms with van der Waals surface area (Å²) in [7, 11) is 0. The van der Waals surface area contributed by atoms with Gasteiger partial charge in [0.25, 0.3) is 0 Å². The molecular weight excluding hydrogens is 298 g/mol. The van der Waals surface area contributed by atoms with Crippen LogP contribution in [0, 0.1) is 0 Å². The van der Waals surface area contributed by atoms with E-state index in [0.717, 1.165) is 19.4 Å². The molecule has 0 atom stereocenters. The van der Waals surface area contributed by atoms with Gasteiger partial charge < -0.3 is 10.1 Å². The predicted octanol–water partition coefficient (Wildman–Crippen LogP) is 5.06. The first-order chi connectivity index (χ1) is 10.8. The van der Waals surface area contributed by atoms with Crippen molar-refractivity contribution in [3.8, 4) is 0 Å². The van der Waals surface area contributed by atoms with Gasteiger partial charge in [-0.25, -0.2) is 0 Å². The predicted molar refractivity (Wildman–Crippen MR) is 95.6 cm³/mol. The third kappa shape index (κ3) is 17.8. The summed E-state index contributed by atoms with van der Waals surface area (Å²) in [6.45, 7) is 4.16. The highest BCUT2D eigenvalue weighted by Gasteiger charge is 2.02. The molecule has 22 heavy (non-hydrogen) atoms. The van der Waals surface area contributed by atoms with Crippen LogP contribution in [0.4, 0.5) is 0 Å². The molecule has 0 aliphatic heterocycles. The van der Waals surface area contributed by atoms with Crippen LogP contribution in [-0.2, 0) is 9.53 Å². The molecule has 0 saturated heterocycles. The molecule has 132 valence electrons. The summed E-state index contributed by atoms with van der Waals surface area (Å²) in [4.78, 5) is 11.5. The number of hydrogen-bond donors (Lipinski definition) is 1. The molecule has 0 aliphatic carbocycles. The molecule has 4 heteroatoms. The van der Waals surface area contributed by atoms with Gasteiger partial charge in [0.2, 0.25) is 0 Å². The summed E-state index contributed by atoms with van der Waals surface area (Å²) in [6, 6.07) is 0. The van der Waals surface area contributed by atoms with E-state index >= 15 is 0 Å². The number of halogens is 1. The standard InChI is InChI=1S/C18H36ClNO2/c1-2-3-4-5-6-7-8-9-10-11-12-13-18(21)22-17-16-20-15-14-19/h20H,2-17H2,1H3. The molecule has 0 aromatic carbocycles. The topological polar surface area (TPSA) is 38.3 Å². The fourth-order valence-corrected chi connectivity index (χ4v) is 2.57. The van der Waals surface area contributed by atoms with Crippen molar-refractivity contribution < 1.29 is 9.53 Å². The molecule has 0 unspecified atom stereocenters. The van der Waals surface area contributed by atoms with Crippen molar-refractivity contribution in [3.63, 3.8) is 0 Å². The second kappa shape index (κ2) is 18.8. The van der Waals surface area contributed by atoms with Crippen LogP contribution in [0.5, 0.6) is 0 Å². The third-order valence-electron chi connectivity index (χ3n) is 3.80. The van der Waals surface area contributed by atoms with Crippen LogP contribution in [0.25, 0.3) is 0 Å². The third-order valence-corrected chi connectivity index (χ3v) is 3.99. The number of unbranched alkanes of at least 4 members (excludes halogenated alkanes) is 10. The van der Waals surface area contributed by atoms with Gasteiger partial charge in [-0.15, -0.1) is 11.6 Å². The van der Waals surface area contributed by atoms with Gasteiger partial charge in [0.15, 0.2) is 0 Å². The molecule has 0 heterocycles. The Hall–Kier alpha value is -0.280. The molecule has 3 nitrogen and oxygen atoms in total. The summed E-state index contributed by atoms with van der Waals surface area (Å²) >= 11 is 5.53. The highest BCUT2D eigenvalue weighted by molar-refractivity contribution is 6.18. The molecule has 0 bridgehead atoms. The van der Waals surface area contributed by atoms with E-state index in [-0.39, 0.29) is 5.97 Å². The van der Waals surface area contributed by atoms with Crippen LogP contribution in [-0.4, -0.2) is 31.5 Å². The van der Waals surface area contributed by atoms with Gasteiger partial charge in [-0.05, 0) is 6.42 Å². The number of carbonyl (C=O) groups is 1. The van der Waals surface area contributed by atoms with E-state index in [0.29, 0.717) is 25.5 Å². The maximum atomic E-state index is 11.5. The summed E-state index contributed by atoms with van der Waals surface area (Å²) in [6.07, 6.45) is 14.9. The van der Waals surface area contributed by atoms with Crippen LogP contribution in [0.1, 0.15) is 84.0 Å². The van der Waals surface area contributed by atoms with E-state index in [2.05, 4.69) is 12.2 Å². The van der Waals surface area contributed by atoms with Crippen molar-refractivity contribution in [2.75, 3.05) is 25.6 Å².